The minimum absolute atomic E-state index is 0.387. The number of hydrogen-bond acceptors (Lipinski definition) is 4. The van der Waals surface area contributed by atoms with Gasteiger partial charge in [0.25, 0.3) is 0 Å². The Bertz CT molecular complexity index is 275. The summed E-state index contributed by atoms with van der Waals surface area (Å²) in [5, 5.41) is 3.46. The Labute approximate surface area is 83.9 Å². The van der Waals surface area contributed by atoms with Gasteiger partial charge in [-0.1, -0.05) is 0 Å². The molecule has 0 radical (unpaired) electrons. The fourth-order valence-electron chi connectivity index (χ4n) is 1.95. The lowest BCUT2D eigenvalue weighted by molar-refractivity contribution is 0.311. The number of rotatable bonds is 2. The van der Waals surface area contributed by atoms with Crippen LogP contribution in [-0.2, 0) is 0 Å². The third-order valence-electron chi connectivity index (χ3n) is 2.83. The Morgan fingerprint density at radius 3 is 2.93 bits per heavy atom. The van der Waals surface area contributed by atoms with Gasteiger partial charge in [0.05, 0.1) is 0 Å². The van der Waals surface area contributed by atoms with Crippen LogP contribution in [0.1, 0.15) is 24.4 Å². The molecule has 0 aromatic carbocycles. The fourth-order valence-corrected chi connectivity index (χ4v) is 1.95. The normalized spacial score (nSPS) is 27.5. The lowest BCUT2D eigenvalue weighted by Crippen LogP contribution is -2.34. The molecule has 0 spiro atoms. The maximum absolute atomic E-state index is 5.68. The predicted molar refractivity (Wildman–Crippen MR) is 54.6 cm³/mol. The summed E-state index contributed by atoms with van der Waals surface area (Å²) in [6.45, 7) is 1.83. The van der Waals surface area contributed by atoms with Gasteiger partial charge in [0, 0.05) is 24.0 Å². The van der Waals surface area contributed by atoms with Crippen molar-refractivity contribution in [1.82, 2.24) is 15.3 Å². The molecular weight excluding hydrogens is 176 g/mol. The van der Waals surface area contributed by atoms with Crippen molar-refractivity contribution in [2.45, 2.75) is 18.9 Å². The summed E-state index contributed by atoms with van der Waals surface area (Å²) in [5.74, 6) is 0.640. The minimum Gasteiger partial charge on any atom is -0.330 e. The molecule has 1 aliphatic heterocycles. The van der Waals surface area contributed by atoms with Gasteiger partial charge in [0.2, 0.25) is 0 Å². The van der Waals surface area contributed by atoms with Gasteiger partial charge in [0.1, 0.15) is 6.33 Å². The Morgan fingerprint density at radius 2 is 2.21 bits per heavy atom. The highest BCUT2D eigenvalue weighted by Gasteiger charge is 2.21. The van der Waals surface area contributed by atoms with Crippen molar-refractivity contribution in [3.8, 4) is 0 Å². The topological polar surface area (TPSA) is 63.8 Å². The minimum atomic E-state index is 0.387. The van der Waals surface area contributed by atoms with Crippen molar-refractivity contribution in [2.75, 3.05) is 13.1 Å². The average molecular weight is 192 g/mol. The van der Waals surface area contributed by atoms with Gasteiger partial charge < -0.3 is 11.1 Å². The number of aromatic nitrogens is 2. The van der Waals surface area contributed by atoms with Crippen LogP contribution >= 0.6 is 0 Å². The van der Waals surface area contributed by atoms with Gasteiger partial charge in [-0.15, -0.1) is 0 Å². The van der Waals surface area contributed by atoms with Crippen molar-refractivity contribution in [3.63, 3.8) is 0 Å². The maximum Gasteiger partial charge on any atom is 0.115 e. The molecule has 0 bridgehead atoms. The molecule has 1 aliphatic rings. The SMILES string of the molecule is NCC1CCNC(c2cncnc2)C1. The monoisotopic (exact) mass is 192 g/mol. The molecule has 2 heterocycles. The molecule has 14 heavy (non-hydrogen) atoms. The largest absolute Gasteiger partial charge is 0.330 e. The Balaban J connectivity index is 2.04. The second-order valence-electron chi connectivity index (χ2n) is 3.80. The maximum atomic E-state index is 5.68. The molecular formula is C10H16N4. The van der Waals surface area contributed by atoms with Gasteiger partial charge in [-0.2, -0.15) is 0 Å². The zero-order valence-electron chi connectivity index (χ0n) is 8.19. The van der Waals surface area contributed by atoms with E-state index in [0.717, 1.165) is 19.5 Å². The van der Waals surface area contributed by atoms with E-state index in [1.54, 1.807) is 6.33 Å². The van der Waals surface area contributed by atoms with Crippen molar-refractivity contribution >= 4 is 0 Å². The molecule has 0 saturated carbocycles. The van der Waals surface area contributed by atoms with Crippen LogP contribution in [0.5, 0.6) is 0 Å². The highest BCUT2D eigenvalue weighted by atomic mass is 14.9. The van der Waals surface area contributed by atoms with Crippen molar-refractivity contribution in [1.29, 1.82) is 0 Å². The van der Waals surface area contributed by atoms with E-state index in [2.05, 4.69) is 15.3 Å². The van der Waals surface area contributed by atoms with Crippen LogP contribution < -0.4 is 11.1 Å². The zero-order chi connectivity index (χ0) is 9.80. The zero-order valence-corrected chi connectivity index (χ0v) is 8.19. The fraction of sp³-hybridized carbons (Fsp3) is 0.600. The molecule has 2 unspecified atom stereocenters. The highest BCUT2D eigenvalue weighted by Crippen LogP contribution is 2.25. The first-order valence-electron chi connectivity index (χ1n) is 5.08. The first-order valence-corrected chi connectivity index (χ1v) is 5.08. The molecule has 1 fully saturated rings. The third-order valence-corrected chi connectivity index (χ3v) is 2.83. The lowest BCUT2D eigenvalue weighted by Gasteiger charge is -2.29. The quantitative estimate of drug-likeness (QED) is 0.715. The summed E-state index contributed by atoms with van der Waals surface area (Å²) in [5.41, 5.74) is 6.86. The lowest BCUT2D eigenvalue weighted by atomic mass is 9.90. The number of piperidine rings is 1. The summed E-state index contributed by atoms with van der Waals surface area (Å²) >= 11 is 0. The van der Waals surface area contributed by atoms with E-state index in [1.165, 1.54) is 12.0 Å². The molecule has 1 saturated heterocycles. The van der Waals surface area contributed by atoms with Gasteiger partial charge in [-0.3, -0.25) is 0 Å². The van der Waals surface area contributed by atoms with Gasteiger partial charge in [0.15, 0.2) is 0 Å². The van der Waals surface area contributed by atoms with Gasteiger partial charge in [-0.05, 0) is 31.8 Å². The number of nitrogens with zero attached hydrogens (tertiary/aromatic N) is 2. The van der Waals surface area contributed by atoms with Crippen LogP contribution in [0.3, 0.4) is 0 Å². The Morgan fingerprint density at radius 1 is 1.43 bits per heavy atom. The van der Waals surface area contributed by atoms with E-state index in [-0.39, 0.29) is 0 Å². The highest BCUT2D eigenvalue weighted by molar-refractivity contribution is 5.10. The van der Waals surface area contributed by atoms with E-state index in [9.17, 15) is 0 Å². The smallest absolute Gasteiger partial charge is 0.115 e. The van der Waals surface area contributed by atoms with E-state index in [1.807, 2.05) is 12.4 Å². The molecule has 1 aromatic rings. The standard InChI is InChI=1S/C10H16N4/c11-4-8-1-2-14-10(3-8)9-5-12-7-13-6-9/h5-8,10,14H,1-4,11H2. The van der Waals surface area contributed by atoms with Crippen molar-refractivity contribution in [2.24, 2.45) is 11.7 Å². The first kappa shape index (κ1) is 9.55. The molecule has 2 atom stereocenters. The van der Waals surface area contributed by atoms with E-state index in [0.29, 0.717) is 12.0 Å². The molecule has 2 rings (SSSR count). The second kappa shape index (κ2) is 4.48. The summed E-state index contributed by atoms with van der Waals surface area (Å²) in [7, 11) is 0. The number of hydrogen-bond donors (Lipinski definition) is 2. The van der Waals surface area contributed by atoms with Crippen molar-refractivity contribution < 1.29 is 0 Å². The molecule has 4 nitrogen and oxygen atoms in total. The van der Waals surface area contributed by atoms with Crippen molar-refractivity contribution in [3.05, 3.63) is 24.3 Å². The molecule has 76 valence electrons. The van der Waals surface area contributed by atoms with Gasteiger partial charge >= 0.3 is 0 Å². The number of nitrogens with one attached hydrogen (secondary N) is 1. The third kappa shape index (κ3) is 2.08. The van der Waals surface area contributed by atoms with Crippen LogP contribution in [0.4, 0.5) is 0 Å². The predicted octanol–water partition coefficient (Wildman–Crippen LogP) is 0.476. The van der Waals surface area contributed by atoms with E-state index < -0.39 is 0 Å². The number of nitrogens with two attached hydrogens (primary N) is 1. The van der Waals surface area contributed by atoms with Crippen LogP contribution in [0.2, 0.25) is 0 Å². The van der Waals surface area contributed by atoms with Crippen LogP contribution in [-0.4, -0.2) is 23.1 Å². The van der Waals surface area contributed by atoms with Crippen LogP contribution in [0.25, 0.3) is 0 Å². The van der Waals surface area contributed by atoms with Crippen LogP contribution in [0, 0.1) is 5.92 Å². The van der Waals surface area contributed by atoms with Gasteiger partial charge in [-0.25, -0.2) is 9.97 Å². The Hall–Kier alpha value is -1.00. The second-order valence-corrected chi connectivity index (χ2v) is 3.80. The molecule has 0 amide bonds. The summed E-state index contributed by atoms with van der Waals surface area (Å²) in [6, 6.07) is 0.387. The van der Waals surface area contributed by atoms with E-state index in [4.69, 9.17) is 5.73 Å². The molecule has 3 N–H and O–H groups in total. The summed E-state index contributed by atoms with van der Waals surface area (Å²) < 4.78 is 0. The first-order chi connectivity index (χ1) is 6.90. The summed E-state index contributed by atoms with van der Waals surface area (Å²) in [4.78, 5) is 8.06. The summed E-state index contributed by atoms with van der Waals surface area (Å²) in [6.07, 6.45) is 7.60. The molecule has 1 aromatic heterocycles. The van der Waals surface area contributed by atoms with Crippen LogP contribution in [0.15, 0.2) is 18.7 Å². The molecule has 4 heteroatoms. The Kier molecular flexibility index (Phi) is 3.06. The molecule has 0 aliphatic carbocycles. The average Bonchev–Trinajstić information content (AvgIpc) is 2.30. The van der Waals surface area contributed by atoms with E-state index >= 15 is 0 Å².